The Labute approximate surface area is 251 Å². The van der Waals surface area contributed by atoms with E-state index in [1.54, 1.807) is 11.3 Å². The molecular formula is C31H42N6O4S. The number of piperidine rings is 1. The van der Waals surface area contributed by atoms with Gasteiger partial charge in [-0.2, -0.15) is 0 Å². The van der Waals surface area contributed by atoms with Gasteiger partial charge in [0.1, 0.15) is 12.0 Å². The Hall–Kier alpha value is -3.28. The van der Waals surface area contributed by atoms with Gasteiger partial charge < -0.3 is 30.1 Å². The van der Waals surface area contributed by atoms with Gasteiger partial charge in [-0.1, -0.05) is 43.3 Å². The maximum absolute atomic E-state index is 14.0. The van der Waals surface area contributed by atoms with E-state index in [1.807, 2.05) is 70.6 Å². The van der Waals surface area contributed by atoms with Gasteiger partial charge >= 0.3 is 0 Å². The van der Waals surface area contributed by atoms with Crippen molar-refractivity contribution in [2.75, 3.05) is 31.6 Å². The zero-order valence-corrected chi connectivity index (χ0v) is 25.9. The van der Waals surface area contributed by atoms with Crippen molar-refractivity contribution in [3.05, 3.63) is 52.9 Å². The zero-order valence-electron chi connectivity index (χ0n) is 25.0. The van der Waals surface area contributed by atoms with E-state index in [0.717, 1.165) is 47.6 Å². The van der Waals surface area contributed by atoms with Gasteiger partial charge in [0.05, 0.1) is 28.2 Å². The zero-order chi connectivity index (χ0) is 30.0. The van der Waals surface area contributed by atoms with E-state index >= 15 is 0 Å². The van der Waals surface area contributed by atoms with Crippen LogP contribution < -0.4 is 15.5 Å². The van der Waals surface area contributed by atoms with E-state index in [4.69, 9.17) is 4.52 Å². The lowest BCUT2D eigenvalue weighted by molar-refractivity contribution is -0.141. The highest BCUT2D eigenvalue weighted by molar-refractivity contribution is 7.13. The number of carbonyl (C=O) groups is 2. The average molecular weight is 595 g/mol. The SMILES string of the molecule is Cc1ncsc1-c1ccc([C@H](C)NC(=O)[C@@H]2C[C@@H](O)CN2C(=O)C(c2cc(N(C)C3CCNCC3)no2)C(C)C)cc1. The summed E-state index contributed by atoms with van der Waals surface area (Å²) >= 11 is 1.60. The quantitative estimate of drug-likeness (QED) is 0.341. The molecule has 2 aromatic heterocycles. The minimum Gasteiger partial charge on any atom is -0.391 e. The first-order valence-corrected chi connectivity index (χ1v) is 15.7. The summed E-state index contributed by atoms with van der Waals surface area (Å²) in [5.74, 6) is -0.0311. The van der Waals surface area contributed by atoms with Crippen LogP contribution in [-0.2, 0) is 9.59 Å². The molecule has 2 aliphatic heterocycles. The number of rotatable bonds is 9. The molecule has 10 nitrogen and oxygen atoms in total. The Morgan fingerprint density at radius 1 is 1.19 bits per heavy atom. The maximum atomic E-state index is 14.0. The number of amides is 2. The number of anilines is 1. The summed E-state index contributed by atoms with van der Waals surface area (Å²) in [6, 6.07) is 9.25. The summed E-state index contributed by atoms with van der Waals surface area (Å²) in [4.78, 5) is 36.6. The predicted octanol–water partition coefficient (Wildman–Crippen LogP) is 3.87. The molecule has 1 unspecified atom stereocenters. The van der Waals surface area contributed by atoms with Crippen molar-refractivity contribution in [2.45, 2.75) is 77.1 Å². The van der Waals surface area contributed by atoms with Gasteiger partial charge in [0, 0.05) is 32.1 Å². The van der Waals surface area contributed by atoms with Gasteiger partial charge in [0.25, 0.3) is 0 Å². The Morgan fingerprint density at radius 2 is 1.90 bits per heavy atom. The van der Waals surface area contributed by atoms with Crippen LogP contribution in [0, 0.1) is 12.8 Å². The van der Waals surface area contributed by atoms with Gasteiger partial charge in [0.15, 0.2) is 11.6 Å². The molecule has 4 heterocycles. The van der Waals surface area contributed by atoms with Crippen molar-refractivity contribution in [3.63, 3.8) is 0 Å². The van der Waals surface area contributed by atoms with Gasteiger partial charge in [-0.05, 0) is 56.8 Å². The van der Waals surface area contributed by atoms with Crippen LogP contribution in [0.4, 0.5) is 5.82 Å². The topological polar surface area (TPSA) is 124 Å². The lowest BCUT2D eigenvalue weighted by Gasteiger charge is -2.31. The number of β-amino-alcohol motifs (C(OH)–C–C–N with tert-alkyl or cyclic N) is 1. The first-order chi connectivity index (χ1) is 20.1. The largest absolute Gasteiger partial charge is 0.391 e. The molecule has 0 spiro atoms. The van der Waals surface area contributed by atoms with Gasteiger partial charge in [-0.25, -0.2) is 4.98 Å². The van der Waals surface area contributed by atoms with Gasteiger partial charge in [-0.15, -0.1) is 11.3 Å². The minimum absolute atomic E-state index is 0.0939. The summed E-state index contributed by atoms with van der Waals surface area (Å²) in [5.41, 5.74) is 4.88. The van der Waals surface area contributed by atoms with Crippen molar-refractivity contribution in [2.24, 2.45) is 5.92 Å². The Morgan fingerprint density at radius 3 is 2.55 bits per heavy atom. The monoisotopic (exact) mass is 594 g/mol. The molecule has 0 aliphatic carbocycles. The fraction of sp³-hybridized carbons (Fsp3) is 0.548. The van der Waals surface area contributed by atoms with Crippen molar-refractivity contribution in [1.82, 2.24) is 25.7 Å². The lowest BCUT2D eigenvalue weighted by atomic mass is 9.91. The molecule has 0 saturated carbocycles. The highest BCUT2D eigenvalue weighted by atomic mass is 32.1. The number of hydrogen-bond acceptors (Lipinski definition) is 9. The second-order valence-corrected chi connectivity index (χ2v) is 12.8. The molecule has 2 aliphatic rings. The second-order valence-electron chi connectivity index (χ2n) is 11.9. The second kappa shape index (κ2) is 12.9. The molecule has 5 rings (SSSR count). The number of nitrogens with one attached hydrogen (secondary N) is 2. The summed E-state index contributed by atoms with van der Waals surface area (Å²) in [6.07, 6.45) is 1.45. The van der Waals surface area contributed by atoms with Crippen LogP contribution in [0.25, 0.3) is 10.4 Å². The van der Waals surface area contributed by atoms with E-state index in [9.17, 15) is 14.7 Å². The van der Waals surface area contributed by atoms with E-state index < -0.39 is 18.1 Å². The van der Waals surface area contributed by atoms with Crippen molar-refractivity contribution in [3.8, 4) is 10.4 Å². The Kier molecular flexibility index (Phi) is 9.29. The van der Waals surface area contributed by atoms with Crippen LogP contribution in [0.2, 0.25) is 0 Å². The van der Waals surface area contributed by atoms with Crippen LogP contribution in [0.3, 0.4) is 0 Å². The summed E-state index contributed by atoms with van der Waals surface area (Å²) < 4.78 is 5.75. The number of benzene rings is 1. The first kappa shape index (κ1) is 30.2. The third-order valence-corrected chi connectivity index (χ3v) is 9.59. The van der Waals surface area contributed by atoms with Gasteiger partial charge in [0.2, 0.25) is 11.8 Å². The molecule has 42 heavy (non-hydrogen) atoms. The minimum atomic E-state index is -0.772. The van der Waals surface area contributed by atoms with Crippen LogP contribution in [-0.4, -0.2) is 76.8 Å². The molecule has 3 N–H and O–H groups in total. The number of aliphatic hydroxyl groups is 1. The molecule has 1 aromatic carbocycles. The molecule has 2 fully saturated rings. The van der Waals surface area contributed by atoms with Crippen LogP contribution >= 0.6 is 11.3 Å². The smallest absolute Gasteiger partial charge is 0.243 e. The average Bonchev–Trinajstić information content (AvgIpc) is 3.73. The van der Waals surface area contributed by atoms with Crippen LogP contribution in [0.5, 0.6) is 0 Å². The van der Waals surface area contributed by atoms with Crippen LogP contribution in [0.15, 0.2) is 40.4 Å². The number of likely N-dealkylation sites (tertiary alicyclic amines) is 1. The number of nitrogens with zero attached hydrogens (tertiary/aromatic N) is 4. The number of thiazole rings is 1. The summed E-state index contributed by atoms with van der Waals surface area (Å²) in [6.45, 7) is 9.87. The normalized spacial score (nSPS) is 21.0. The lowest BCUT2D eigenvalue weighted by Crippen LogP contribution is -2.48. The van der Waals surface area contributed by atoms with Gasteiger partial charge in [-0.3, -0.25) is 9.59 Å². The molecule has 4 atom stereocenters. The highest BCUT2D eigenvalue weighted by Gasteiger charge is 2.43. The number of aromatic nitrogens is 2. The van der Waals surface area contributed by atoms with E-state index in [0.29, 0.717) is 17.6 Å². The number of hydrogen-bond donors (Lipinski definition) is 3. The van der Waals surface area contributed by atoms with E-state index in [2.05, 4.69) is 25.7 Å². The first-order valence-electron chi connectivity index (χ1n) is 14.8. The highest BCUT2D eigenvalue weighted by Crippen LogP contribution is 2.34. The summed E-state index contributed by atoms with van der Waals surface area (Å²) in [7, 11) is 2.01. The third-order valence-electron chi connectivity index (χ3n) is 8.61. The summed E-state index contributed by atoms with van der Waals surface area (Å²) in [5, 5.41) is 21.3. The van der Waals surface area contributed by atoms with Crippen molar-refractivity contribution < 1.29 is 19.2 Å². The van der Waals surface area contributed by atoms with Crippen molar-refractivity contribution in [1.29, 1.82) is 0 Å². The maximum Gasteiger partial charge on any atom is 0.243 e. The van der Waals surface area contributed by atoms with E-state index in [1.165, 1.54) is 4.90 Å². The third kappa shape index (κ3) is 6.38. The number of aliphatic hydroxyl groups excluding tert-OH is 1. The van der Waals surface area contributed by atoms with Crippen LogP contribution in [0.1, 0.15) is 69.0 Å². The predicted molar refractivity (Wildman–Crippen MR) is 163 cm³/mol. The molecule has 2 amide bonds. The number of aryl methyl sites for hydroxylation is 1. The molecular weight excluding hydrogens is 552 g/mol. The molecule has 2 saturated heterocycles. The fourth-order valence-corrected chi connectivity index (χ4v) is 6.90. The number of carbonyl (C=O) groups excluding carboxylic acids is 2. The fourth-order valence-electron chi connectivity index (χ4n) is 6.09. The van der Waals surface area contributed by atoms with E-state index in [-0.39, 0.29) is 36.7 Å². The molecule has 226 valence electrons. The Bertz CT molecular complexity index is 1370. The molecule has 3 aromatic rings. The standard InChI is InChI=1S/C31H42N6O4S/c1-18(2)28(26-15-27(35-41-26)36(5)23-10-12-32-13-11-23)31(40)37-16-24(38)14-25(37)30(39)34-19(3)21-6-8-22(9-7-21)29-20(4)33-17-42-29/h6-9,15,17-19,23-25,28,32,38H,10-14,16H2,1-5H3,(H,34,39)/t19-,24+,25-,28?/m0/s1. The Balaban J connectivity index is 1.28. The molecule has 0 radical (unpaired) electrons. The molecule has 11 heteroatoms. The van der Waals surface area contributed by atoms with Crippen molar-refractivity contribution >= 4 is 29.0 Å². The molecule has 0 bridgehead atoms.